The third-order valence-electron chi connectivity index (χ3n) is 4.61. The first-order valence-corrected chi connectivity index (χ1v) is 8.93. The van der Waals surface area contributed by atoms with Crippen LogP contribution in [0.1, 0.15) is 33.6 Å². The minimum Gasteiger partial charge on any atom is -0.306 e. The Hall–Kier alpha value is -3.24. The number of aryl methyl sites for hydroxylation is 1. The highest BCUT2D eigenvalue weighted by Crippen LogP contribution is 2.32. The van der Waals surface area contributed by atoms with Crippen molar-refractivity contribution in [2.24, 2.45) is 0 Å². The minimum atomic E-state index is -1.09. The number of amides is 1. The Labute approximate surface area is 164 Å². The van der Waals surface area contributed by atoms with Gasteiger partial charge in [-0.1, -0.05) is 11.6 Å². The van der Waals surface area contributed by atoms with E-state index in [2.05, 4.69) is 10.4 Å². The molecule has 2 aromatic carbocycles. The van der Waals surface area contributed by atoms with E-state index in [1.807, 2.05) is 0 Å². The third-order valence-corrected chi connectivity index (χ3v) is 4.86. The van der Waals surface area contributed by atoms with Crippen LogP contribution in [0.4, 0.5) is 14.6 Å². The van der Waals surface area contributed by atoms with Crippen LogP contribution in [0.2, 0.25) is 5.02 Å². The van der Waals surface area contributed by atoms with Crippen LogP contribution in [-0.4, -0.2) is 15.7 Å². The van der Waals surface area contributed by atoms with E-state index < -0.39 is 23.1 Å². The predicted octanol–water partition coefficient (Wildman–Crippen LogP) is 4.42. The molecule has 140 valence electrons. The van der Waals surface area contributed by atoms with E-state index in [-0.39, 0.29) is 5.56 Å². The predicted molar refractivity (Wildman–Crippen MR) is 99.6 cm³/mol. The van der Waals surface area contributed by atoms with E-state index in [9.17, 15) is 13.6 Å². The number of rotatable bonds is 3. The van der Waals surface area contributed by atoms with Gasteiger partial charge < -0.3 is 5.32 Å². The molecule has 28 heavy (non-hydrogen) atoms. The number of anilines is 1. The fraction of sp³-hybridized carbons (Fsp3) is 0.150. The zero-order valence-electron chi connectivity index (χ0n) is 14.5. The molecule has 0 saturated carbocycles. The van der Waals surface area contributed by atoms with Crippen LogP contribution in [0.3, 0.4) is 0 Å². The summed E-state index contributed by atoms with van der Waals surface area (Å²) < 4.78 is 30.0. The molecule has 1 amide bonds. The molecule has 0 spiro atoms. The second-order valence-corrected chi connectivity index (χ2v) is 6.83. The normalized spacial score (nSPS) is 12.5. The average molecular weight is 399 g/mol. The molecule has 0 bridgehead atoms. The maximum atomic E-state index is 14.2. The number of halogens is 3. The molecular weight excluding hydrogens is 386 g/mol. The van der Waals surface area contributed by atoms with Gasteiger partial charge in [-0.2, -0.15) is 10.4 Å². The number of nitrogens with one attached hydrogen (secondary N) is 1. The molecule has 0 saturated heterocycles. The van der Waals surface area contributed by atoms with E-state index in [0.717, 1.165) is 36.2 Å². The zero-order valence-corrected chi connectivity index (χ0v) is 15.2. The van der Waals surface area contributed by atoms with Crippen molar-refractivity contribution in [2.45, 2.75) is 19.3 Å². The maximum absolute atomic E-state index is 14.2. The molecular formula is C20H13ClF2N4O. The maximum Gasteiger partial charge on any atom is 0.262 e. The Morgan fingerprint density at radius 1 is 1.18 bits per heavy atom. The van der Waals surface area contributed by atoms with Crippen LogP contribution in [0, 0.1) is 23.0 Å². The molecule has 0 unspecified atom stereocenters. The van der Waals surface area contributed by atoms with Gasteiger partial charge in [0.05, 0.1) is 23.0 Å². The second-order valence-electron chi connectivity index (χ2n) is 6.40. The SMILES string of the molecule is N#Cc1cc(F)c(C(=O)Nc2c3c(nn2-c2ccc(Cl)cc2)CCC3)c(F)c1. The first-order valence-electron chi connectivity index (χ1n) is 8.55. The molecule has 0 aliphatic heterocycles. The number of carbonyl (C=O) groups is 1. The average Bonchev–Trinajstić information content (AvgIpc) is 3.24. The molecule has 5 nitrogen and oxygen atoms in total. The summed E-state index contributed by atoms with van der Waals surface area (Å²) >= 11 is 5.93. The van der Waals surface area contributed by atoms with Crippen molar-refractivity contribution in [1.29, 1.82) is 5.26 Å². The van der Waals surface area contributed by atoms with Gasteiger partial charge in [-0.15, -0.1) is 0 Å². The summed E-state index contributed by atoms with van der Waals surface area (Å²) in [5, 5.41) is 16.5. The van der Waals surface area contributed by atoms with Crippen molar-refractivity contribution in [2.75, 3.05) is 5.32 Å². The Morgan fingerprint density at radius 2 is 1.86 bits per heavy atom. The Kier molecular flexibility index (Phi) is 4.57. The lowest BCUT2D eigenvalue weighted by molar-refractivity contribution is 0.101. The lowest BCUT2D eigenvalue weighted by Gasteiger charge is -2.12. The van der Waals surface area contributed by atoms with Gasteiger partial charge in [-0.3, -0.25) is 4.79 Å². The molecule has 4 rings (SSSR count). The molecule has 0 radical (unpaired) electrons. The number of hydrogen-bond donors (Lipinski definition) is 1. The van der Waals surface area contributed by atoms with E-state index in [1.165, 1.54) is 4.68 Å². The quantitative estimate of drug-likeness (QED) is 0.710. The van der Waals surface area contributed by atoms with Crippen LogP contribution in [0.15, 0.2) is 36.4 Å². The summed E-state index contributed by atoms with van der Waals surface area (Å²) in [4.78, 5) is 12.7. The van der Waals surface area contributed by atoms with Crippen LogP contribution < -0.4 is 5.32 Å². The molecule has 0 fully saturated rings. The summed E-state index contributed by atoms with van der Waals surface area (Å²) in [6.07, 6.45) is 2.36. The molecule has 1 aliphatic carbocycles. The third kappa shape index (κ3) is 3.12. The van der Waals surface area contributed by atoms with Crippen molar-refractivity contribution in [3.8, 4) is 11.8 Å². The smallest absolute Gasteiger partial charge is 0.262 e. The van der Waals surface area contributed by atoms with Gasteiger partial charge in [-0.05, 0) is 55.7 Å². The fourth-order valence-corrected chi connectivity index (χ4v) is 3.44. The summed E-state index contributed by atoms with van der Waals surface area (Å²) in [5.74, 6) is -2.75. The van der Waals surface area contributed by atoms with Gasteiger partial charge in [0, 0.05) is 10.6 Å². The van der Waals surface area contributed by atoms with Crippen molar-refractivity contribution < 1.29 is 13.6 Å². The molecule has 1 N–H and O–H groups in total. The van der Waals surface area contributed by atoms with Gasteiger partial charge in [0.15, 0.2) is 0 Å². The monoisotopic (exact) mass is 398 g/mol. The van der Waals surface area contributed by atoms with Gasteiger partial charge in [0.1, 0.15) is 23.0 Å². The van der Waals surface area contributed by atoms with Crippen LogP contribution in [-0.2, 0) is 12.8 Å². The van der Waals surface area contributed by atoms with Crippen molar-refractivity contribution in [3.05, 3.63) is 75.4 Å². The standard InChI is InChI=1S/C20H13ClF2N4O/c21-12-4-6-13(7-5-12)27-19(14-2-1-3-17(14)26-27)25-20(28)18-15(22)8-11(10-24)9-16(18)23/h4-9H,1-3H2,(H,25,28). The first kappa shape index (κ1) is 18.1. The van der Waals surface area contributed by atoms with Gasteiger partial charge >= 0.3 is 0 Å². The number of benzene rings is 2. The second kappa shape index (κ2) is 7.06. The lowest BCUT2D eigenvalue weighted by atomic mass is 10.1. The summed E-state index contributed by atoms with van der Waals surface area (Å²) in [6, 6.07) is 10.2. The van der Waals surface area contributed by atoms with Crippen LogP contribution >= 0.6 is 11.6 Å². The molecule has 0 atom stereocenters. The first-order chi connectivity index (χ1) is 13.5. The van der Waals surface area contributed by atoms with Crippen molar-refractivity contribution in [1.82, 2.24) is 9.78 Å². The number of fused-ring (bicyclic) bond motifs is 1. The van der Waals surface area contributed by atoms with Crippen LogP contribution in [0.25, 0.3) is 5.69 Å². The Morgan fingerprint density at radius 3 is 2.50 bits per heavy atom. The van der Waals surface area contributed by atoms with Crippen LogP contribution in [0.5, 0.6) is 0 Å². The summed E-state index contributed by atoms with van der Waals surface area (Å²) in [7, 11) is 0. The van der Waals surface area contributed by atoms with E-state index in [0.29, 0.717) is 22.9 Å². The summed E-state index contributed by atoms with van der Waals surface area (Å²) in [6.45, 7) is 0. The molecule has 1 aliphatic rings. The molecule has 3 aromatic rings. The Bertz CT molecular complexity index is 1110. The van der Waals surface area contributed by atoms with E-state index in [4.69, 9.17) is 16.9 Å². The highest BCUT2D eigenvalue weighted by Gasteiger charge is 2.26. The Balaban J connectivity index is 1.75. The summed E-state index contributed by atoms with van der Waals surface area (Å²) in [5.41, 5.74) is 1.41. The van der Waals surface area contributed by atoms with Gasteiger partial charge in [0.25, 0.3) is 5.91 Å². The fourth-order valence-electron chi connectivity index (χ4n) is 3.31. The van der Waals surface area contributed by atoms with Crippen molar-refractivity contribution >= 4 is 23.3 Å². The number of aromatic nitrogens is 2. The highest BCUT2D eigenvalue weighted by molar-refractivity contribution is 6.30. The topological polar surface area (TPSA) is 70.7 Å². The molecule has 1 aromatic heterocycles. The number of carbonyl (C=O) groups excluding carboxylic acids is 1. The minimum absolute atomic E-state index is 0.196. The number of nitrogens with zero attached hydrogens (tertiary/aromatic N) is 3. The number of hydrogen-bond acceptors (Lipinski definition) is 3. The molecule has 8 heteroatoms. The lowest BCUT2D eigenvalue weighted by Crippen LogP contribution is -2.19. The van der Waals surface area contributed by atoms with Gasteiger partial charge in [0.2, 0.25) is 0 Å². The van der Waals surface area contributed by atoms with Gasteiger partial charge in [-0.25, -0.2) is 13.5 Å². The number of nitriles is 1. The molecule has 1 heterocycles. The van der Waals surface area contributed by atoms with E-state index >= 15 is 0 Å². The van der Waals surface area contributed by atoms with Crippen molar-refractivity contribution in [3.63, 3.8) is 0 Å². The highest BCUT2D eigenvalue weighted by atomic mass is 35.5. The largest absolute Gasteiger partial charge is 0.306 e. The van der Waals surface area contributed by atoms with E-state index in [1.54, 1.807) is 30.3 Å². The zero-order chi connectivity index (χ0) is 19.8.